The summed E-state index contributed by atoms with van der Waals surface area (Å²) in [5.74, 6) is -0.818. The summed E-state index contributed by atoms with van der Waals surface area (Å²) in [6.45, 7) is 0.215. The SMILES string of the molecule is COC(=O)CN(OCc1ccccc1)C(=O)C1(N(Cc2ccccc2)S(=O)(=O)c2ccc(OC)cc2)CCNCC1. The first-order valence-corrected chi connectivity index (χ1v) is 14.7. The number of piperidine rings is 1. The van der Waals surface area contributed by atoms with Crippen molar-refractivity contribution in [2.75, 3.05) is 33.9 Å². The van der Waals surface area contributed by atoms with Crippen LogP contribution in [0.5, 0.6) is 5.75 Å². The van der Waals surface area contributed by atoms with Crippen molar-refractivity contribution >= 4 is 21.9 Å². The first kappa shape index (κ1) is 30.2. The standard InChI is InChI=1S/C30H35N3O7S/c1-38-26-13-15-27(16-14-26)41(36,37)33(21-24-9-5-3-6-10-24)30(17-19-31-20-18-30)29(35)32(22-28(34)39-2)40-23-25-11-7-4-8-12-25/h3-16,31H,17-23H2,1-2H3. The van der Waals surface area contributed by atoms with Crippen LogP contribution in [0.3, 0.4) is 0 Å². The number of ether oxygens (including phenoxy) is 2. The maximum absolute atomic E-state index is 14.5. The largest absolute Gasteiger partial charge is 0.497 e. The summed E-state index contributed by atoms with van der Waals surface area (Å²) >= 11 is 0. The minimum atomic E-state index is -4.23. The van der Waals surface area contributed by atoms with Crippen LogP contribution in [-0.2, 0) is 42.3 Å². The van der Waals surface area contributed by atoms with Gasteiger partial charge in [0.15, 0.2) is 0 Å². The lowest BCUT2D eigenvalue weighted by Gasteiger charge is -2.45. The van der Waals surface area contributed by atoms with Gasteiger partial charge in [0, 0.05) is 6.54 Å². The Balaban J connectivity index is 1.79. The van der Waals surface area contributed by atoms with Gasteiger partial charge in [-0.2, -0.15) is 4.31 Å². The Labute approximate surface area is 240 Å². The number of hydrogen-bond acceptors (Lipinski definition) is 8. The van der Waals surface area contributed by atoms with Gasteiger partial charge in [0.2, 0.25) is 10.0 Å². The van der Waals surface area contributed by atoms with Gasteiger partial charge in [-0.1, -0.05) is 60.7 Å². The molecule has 1 fully saturated rings. The molecule has 0 spiro atoms. The van der Waals surface area contributed by atoms with Crippen LogP contribution < -0.4 is 10.1 Å². The minimum Gasteiger partial charge on any atom is -0.497 e. The first-order chi connectivity index (χ1) is 19.8. The van der Waals surface area contributed by atoms with E-state index < -0.39 is 34.0 Å². The number of esters is 1. The third-order valence-corrected chi connectivity index (χ3v) is 9.01. The quantitative estimate of drug-likeness (QED) is 0.256. The van der Waals surface area contributed by atoms with Gasteiger partial charge >= 0.3 is 5.97 Å². The minimum absolute atomic E-state index is 0.00180. The van der Waals surface area contributed by atoms with E-state index in [4.69, 9.17) is 14.3 Å². The lowest BCUT2D eigenvalue weighted by atomic mass is 9.86. The monoisotopic (exact) mass is 581 g/mol. The first-order valence-electron chi connectivity index (χ1n) is 13.3. The molecule has 0 radical (unpaired) electrons. The molecule has 1 heterocycles. The van der Waals surface area contributed by atoms with E-state index in [1.165, 1.54) is 30.7 Å². The van der Waals surface area contributed by atoms with Gasteiger partial charge in [0.05, 0.1) is 19.1 Å². The number of nitrogens with one attached hydrogen (secondary N) is 1. The van der Waals surface area contributed by atoms with E-state index in [1.54, 1.807) is 12.1 Å². The number of carbonyl (C=O) groups is 2. The fourth-order valence-corrected chi connectivity index (χ4v) is 6.59. The van der Waals surface area contributed by atoms with E-state index in [-0.39, 0.29) is 30.9 Å². The van der Waals surface area contributed by atoms with Gasteiger partial charge in [-0.3, -0.25) is 14.4 Å². The van der Waals surface area contributed by atoms with Crippen LogP contribution in [0.25, 0.3) is 0 Å². The zero-order chi connectivity index (χ0) is 29.3. The number of carbonyl (C=O) groups excluding carboxylic acids is 2. The molecule has 0 bridgehead atoms. The van der Waals surface area contributed by atoms with Crippen LogP contribution in [0.1, 0.15) is 24.0 Å². The van der Waals surface area contributed by atoms with E-state index in [9.17, 15) is 18.0 Å². The van der Waals surface area contributed by atoms with Crippen molar-refractivity contribution in [2.45, 2.75) is 36.4 Å². The Morgan fingerprint density at radius 3 is 2.00 bits per heavy atom. The molecule has 1 aliphatic rings. The van der Waals surface area contributed by atoms with Crippen LogP contribution in [0.2, 0.25) is 0 Å². The highest BCUT2D eigenvalue weighted by Gasteiger charge is 2.52. The number of nitrogens with zero attached hydrogens (tertiary/aromatic N) is 2. The fourth-order valence-electron chi connectivity index (χ4n) is 4.82. The highest BCUT2D eigenvalue weighted by molar-refractivity contribution is 7.89. The molecule has 1 amide bonds. The molecule has 0 unspecified atom stereocenters. The second kappa shape index (κ2) is 13.7. The zero-order valence-electron chi connectivity index (χ0n) is 23.2. The summed E-state index contributed by atoms with van der Waals surface area (Å²) in [7, 11) is -1.51. The molecule has 1 aliphatic heterocycles. The number of hydrogen-bond donors (Lipinski definition) is 1. The van der Waals surface area contributed by atoms with Crippen molar-refractivity contribution < 1.29 is 32.3 Å². The molecular weight excluding hydrogens is 546 g/mol. The number of benzene rings is 3. The number of rotatable bonds is 12. The van der Waals surface area contributed by atoms with Crippen LogP contribution in [-0.4, -0.2) is 69.1 Å². The molecule has 3 aromatic carbocycles. The highest BCUT2D eigenvalue weighted by atomic mass is 32.2. The topological polar surface area (TPSA) is 114 Å². The highest BCUT2D eigenvalue weighted by Crippen LogP contribution is 2.36. The molecular formula is C30H35N3O7S. The van der Waals surface area contributed by atoms with Gasteiger partial charge in [-0.05, 0) is 61.3 Å². The molecule has 0 atom stereocenters. The molecule has 11 heteroatoms. The Morgan fingerprint density at radius 1 is 0.854 bits per heavy atom. The Kier molecular flexibility index (Phi) is 10.1. The fraction of sp³-hybridized carbons (Fsp3) is 0.333. The molecule has 0 aromatic heterocycles. The summed E-state index contributed by atoms with van der Waals surface area (Å²) in [6.07, 6.45) is 0.334. The predicted octanol–water partition coefficient (Wildman–Crippen LogP) is 3.14. The van der Waals surface area contributed by atoms with Crippen molar-refractivity contribution in [3.05, 3.63) is 96.1 Å². The van der Waals surface area contributed by atoms with Gasteiger partial charge in [-0.15, -0.1) is 0 Å². The zero-order valence-corrected chi connectivity index (χ0v) is 24.0. The molecule has 10 nitrogen and oxygen atoms in total. The molecule has 0 aliphatic carbocycles. The number of methoxy groups -OCH3 is 2. The summed E-state index contributed by atoms with van der Waals surface area (Å²) in [4.78, 5) is 32.9. The molecule has 0 saturated carbocycles. The van der Waals surface area contributed by atoms with E-state index in [0.717, 1.165) is 10.6 Å². The van der Waals surface area contributed by atoms with Crippen molar-refractivity contribution in [1.29, 1.82) is 0 Å². The lowest BCUT2D eigenvalue weighted by molar-refractivity contribution is -0.207. The Hall–Kier alpha value is -3.77. The van der Waals surface area contributed by atoms with Crippen molar-refractivity contribution in [3.8, 4) is 5.75 Å². The van der Waals surface area contributed by atoms with Crippen molar-refractivity contribution in [1.82, 2.24) is 14.7 Å². The summed E-state index contributed by atoms with van der Waals surface area (Å²) in [5, 5.41) is 4.18. The number of amides is 1. The van der Waals surface area contributed by atoms with Crippen LogP contribution in [0, 0.1) is 0 Å². The predicted molar refractivity (Wildman–Crippen MR) is 152 cm³/mol. The second-order valence-corrected chi connectivity index (χ2v) is 11.5. The smallest absolute Gasteiger partial charge is 0.328 e. The van der Waals surface area contributed by atoms with E-state index >= 15 is 0 Å². The van der Waals surface area contributed by atoms with E-state index in [2.05, 4.69) is 5.32 Å². The normalized spacial score (nSPS) is 14.8. The summed E-state index contributed by atoms with van der Waals surface area (Å²) in [6, 6.07) is 24.3. The van der Waals surface area contributed by atoms with E-state index in [0.29, 0.717) is 24.4 Å². The number of hydroxylamine groups is 2. The molecule has 218 valence electrons. The molecule has 1 saturated heterocycles. The molecule has 1 N–H and O–H groups in total. The van der Waals surface area contributed by atoms with E-state index in [1.807, 2.05) is 60.7 Å². The van der Waals surface area contributed by atoms with Gasteiger partial charge in [-0.25, -0.2) is 13.5 Å². The van der Waals surface area contributed by atoms with Gasteiger partial charge < -0.3 is 14.8 Å². The Bertz CT molecular complexity index is 1400. The summed E-state index contributed by atoms with van der Waals surface area (Å²) in [5.41, 5.74) is -0.0635. The third kappa shape index (κ3) is 7.12. The van der Waals surface area contributed by atoms with Crippen LogP contribution in [0.15, 0.2) is 89.8 Å². The number of sulfonamides is 1. The molecule has 4 rings (SSSR count). The maximum atomic E-state index is 14.5. The average Bonchev–Trinajstić information content (AvgIpc) is 3.02. The maximum Gasteiger partial charge on any atom is 0.328 e. The average molecular weight is 582 g/mol. The van der Waals surface area contributed by atoms with Gasteiger partial charge in [0.1, 0.15) is 24.4 Å². The summed E-state index contributed by atoms with van der Waals surface area (Å²) < 4.78 is 40.1. The molecule has 41 heavy (non-hydrogen) atoms. The Morgan fingerprint density at radius 2 is 1.44 bits per heavy atom. The third-order valence-electron chi connectivity index (χ3n) is 7.08. The lowest BCUT2D eigenvalue weighted by Crippen LogP contribution is -2.64. The van der Waals surface area contributed by atoms with Gasteiger partial charge in [0.25, 0.3) is 5.91 Å². The van der Waals surface area contributed by atoms with Crippen LogP contribution in [0.4, 0.5) is 0 Å². The van der Waals surface area contributed by atoms with Crippen molar-refractivity contribution in [2.24, 2.45) is 0 Å². The second-order valence-electron chi connectivity index (χ2n) is 9.63. The van der Waals surface area contributed by atoms with Crippen molar-refractivity contribution in [3.63, 3.8) is 0 Å². The van der Waals surface area contributed by atoms with Crippen LogP contribution >= 0.6 is 0 Å². The molecule has 3 aromatic rings.